The number of nitrogens with zero attached hydrogens (tertiary/aromatic N) is 2. The summed E-state index contributed by atoms with van der Waals surface area (Å²) >= 11 is 0. The summed E-state index contributed by atoms with van der Waals surface area (Å²) in [5.74, 6) is 0.492. The van der Waals surface area contributed by atoms with Gasteiger partial charge < -0.3 is 10.6 Å². The molecule has 0 radical (unpaired) electrons. The number of pyridine rings is 1. The van der Waals surface area contributed by atoms with E-state index >= 15 is 0 Å². The highest BCUT2D eigenvalue weighted by Crippen LogP contribution is 2.13. The number of anilines is 1. The average Bonchev–Trinajstić information content (AvgIpc) is 2.39. The molecule has 0 spiro atoms. The van der Waals surface area contributed by atoms with Crippen molar-refractivity contribution in [2.75, 3.05) is 11.9 Å². The largest absolute Gasteiger partial charge is 0.384 e. The third kappa shape index (κ3) is 3.28. The summed E-state index contributed by atoms with van der Waals surface area (Å²) in [7, 11) is 1.88. The molecule has 0 unspecified atom stereocenters. The van der Waals surface area contributed by atoms with Crippen molar-refractivity contribution >= 4 is 11.7 Å². The zero-order valence-corrected chi connectivity index (χ0v) is 10.6. The minimum Gasteiger partial charge on any atom is -0.384 e. The van der Waals surface area contributed by atoms with Crippen LogP contribution in [0, 0.1) is 11.2 Å². The van der Waals surface area contributed by atoms with E-state index in [0.29, 0.717) is 12.1 Å². The van der Waals surface area contributed by atoms with Crippen LogP contribution in [-0.2, 0) is 6.54 Å². The first-order chi connectivity index (χ1) is 9.06. The van der Waals surface area contributed by atoms with E-state index in [4.69, 9.17) is 11.1 Å². The van der Waals surface area contributed by atoms with E-state index in [-0.39, 0.29) is 11.7 Å². The van der Waals surface area contributed by atoms with Gasteiger partial charge in [0.2, 0.25) is 0 Å². The van der Waals surface area contributed by atoms with Gasteiger partial charge in [0.05, 0.1) is 0 Å². The molecule has 2 rings (SSSR count). The normalized spacial score (nSPS) is 10.2. The number of hydrogen-bond acceptors (Lipinski definition) is 3. The van der Waals surface area contributed by atoms with Gasteiger partial charge in [-0.3, -0.25) is 5.41 Å². The Kier molecular flexibility index (Phi) is 3.75. The molecule has 3 N–H and O–H groups in total. The van der Waals surface area contributed by atoms with Crippen molar-refractivity contribution in [1.82, 2.24) is 4.98 Å². The van der Waals surface area contributed by atoms with Crippen molar-refractivity contribution in [3.05, 3.63) is 59.5 Å². The predicted molar refractivity (Wildman–Crippen MR) is 73.8 cm³/mol. The van der Waals surface area contributed by atoms with E-state index in [1.54, 1.807) is 24.4 Å². The van der Waals surface area contributed by atoms with Gasteiger partial charge in [-0.1, -0.05) is 12.1 Å². The van der Waals surface area contributed by atoms with E-state index in [0.717, 1.165) is 11.4 Å². The lowest BCUT2D eigenvalue weighted by atomic mass is 10.2. The molecule has 1 aromatic heterocycles. The number of rotatable bonds is 4. The molecule has 0 aliphatic heterocycles. The van der Waals surface area contributed by atoms with Gasteiger partial charge in [-0.2, -0.15) is 0 Å². The van der Waals surface area contributed by atoms with Gasteiger partial charge in [0, 0.05) is 25.4 Å². The van der Waals surface area contributed by atoms with Crippen LogP contribution in [0.1, 0.15) is 11.1 Å². The fraction of sp³-hybridized carbons (Fsp3) is 0.143. The Morgan fingerprint density at radius 1 is 1.37 bits per heavy atom. The minimum atomic E-state index is -0.245. The zero-order valence-electron chi connectivity index (χ0n) is 10.6. The monoisotopic (exact) mass is 258 g/mol. The van der Waals surface area contributed by atoms with Crippen molar-refractivity contribution in [2.24, 2.45) is 5.73 Å². The second-order valence-corrected chi connectivity index (χ2v) is 4.30. The lowest BCUT2D eigenvalue weighted by Crippen LogP contribution is -2.18. The molecular weight excluding hydrogens is 243 g/mol. The highest BCUT2D eigenvalue weighted by Gasteiger charge is 2.05. The summed E-state index contributed by atoms with van der Waals surface area (Å²) in [6.45, 7) is 0.560. The van der Waals surface area contributed by atoms with Crippen LogP contribution in [-0.4, -0.2) is 17.9 Å². The Bertz CT molecular complexity index is 580. The number of hydrogen-bond donors (Lipinski definition) is 2. The molecule has 1 heterocycles. The number of amidine groups is 1. The minimum absolute atomic E-state index is 0.00756. The van der Waals surface area contributed by atoms with E-state index < -0.39 is 0 Å². The van der Waals surface area contributed by atoms with E-state index in [1.807, 2.05) is 18.0 Å². The summed E-state index contributed by atoms with van der Waals surface area (Å²) in [5, 5.41) is 7.30. The number of nitrogens with one attached hydrogen (secondary N) is 1. The smallest absolute Gasteiger partial charge is 0.128 e. The van der Waals surface area contributed by atoms with Gasteiger partial charge in [-0.15, -0.1) is 0 Å². The molecule has 98 valence electrons. The van der Waals surface area contributed by atoms with E-state index in [2.05, 4.69) is 4.98 Å². The summed E-state index contributed by atoms with van der Waals surface area (Å²) in [6, 6.07) is 10.0. The van der Waals surface area contributed by atoms with Crippen LogP contribution >= 0.6 is 0 Å². The molecule has 0 aliphatic rings. The molecule has 0 saturated carbocycles. The highest BCUT2D eigenvalue weighted by atomic mass is 19.1. The maximum Gasteiger partial charge on any atom is 0.128 e. The first-order valence-electron chi connectivity index (χ1n) is 5.82. The van der Waals surface area contributed by atoms with Crippen molar-refractivity contribution in [3.63, 3.8) is 0 Å². The number of nitrogens with two attached hydrogens (primary N) is 1. The van der Waals surface area contributed by atoms with Gasteiger partial charge in [0.15, 0.2) is 0 Å². The summed E-state index contributed by atoms with van der Waals surface area (Å²) in [5.41, 5.74) is 6.83. The third-order valence-electron chi connectivity index (χ3n) is 2.76. The Balaban J connectivity index is 2.11. The van der Waals surface area contributed by atoms with Crippen LogP contribution < -0.4 is 10.6 Å². The summed E-state index contributed by atoms with van der Waals surface area (Å²) in [4.78, 5) is 6.13. The maximum absolute atomic E-state index is 13.1. The number of halogens is 1. The Hall–Kier alpha value is -2.43. The SMILES string of the molecule is CN(Cc1cccc(F)c1)c1ccc(C(=N)N)cn1. The van der Waals surface area contributed by atoms with Crippen LogP contribution in [0.2, 0.25) is 0 Å². The van der Waals surface area contributed by atoms with Crippen molar-refractivity contribution in [1.29, 1.82) is 5.41 Å². The third-order valence-corrected chi connectivity index (χ3v) is 2.76. The second kappa shape index (κ2) is 5.48. The first-order valence-corrected chi connectivity index (χ1v) is 5.82. The fourth-order valence-corrected chi connectivity index (χ4v) is 1.76. The molecule has 19 heavy (non-hydrogen) atoms. The molecule has 0 atom stereocenters. The van der Waals surface area contributed by atoms with Gasteiger partial charge in [-0.05, 0) is 29.8 Å². The topological polar surface area (TPSA) is 66.0 Å². The second-order valence-electron chi connectivity index (χ2n) is 4.30. The maximum atomic E-state index is 13.1. The molecule has 4 nitrogen and oxygen atoms in total. The van der Waals surface area contributed by atoms with Crippen molar-refractivity contribution in [2.45, 2.75) is 6.54 Å². The van der Waals surface area contributed by atoms with Crippen LogP contribution in [0.4, 0.5) is 10.2 Å². The first kappa shape index (κ1) is 13.0. The van der Waals surface area contributed by atoms with Crippen LogP contribution in [0.3, 0.4) is 0 Å². The van der Waals surface area contributed by atoms with Crippen LogP contribution in [0.15, 0.2) is 42.6 Å². The van der Waals surface area contributed by atoms with Crippen LogP contribution in [0.5, 0.6) is 0 Å². The van der Waals surface area contributed by atoms with Crippen LogP contribution in [0.25, 0.3) is 0 Å². The standard InChI is InChI=1S/C14H15FN4/c1-19(9-10-3-2-4-12(15)7-10)13-6-5-11(8-18-13)14(16)17/h2-8H,9H2,1H3,(H3,16,17). The van der Waals surface area contributed by atoms with Gasteiger partial charge in [0.25, 0.3) is 0 Å². The quantitative estimate of drug-likeness (QED) is 0.652. The van der Waals surface area contributed by atoms with Gasteiger partial charge in [-0.25, -0.2) is 9.37 Å². The molecule has 0 bridgehead atoms. The lowest BCUT2D eigenvalue weighted by Gasteiger charge is -2.18. The molecular formula is C14H15FN4. The average molecular weight is 258 g/mol. The van der Waals surface area contributed by atoms with Gasteiger partial charge >= 0.3 is 0 Å². The number of benzene rings is 1. The molecule has 0 amide bonds. The summed E-state index contributed by atoms with van der Waals surface area (Å²) < 4.78 is 13.1. The zero-order chi connectivity index (χ0) is 13.8. The molecule has 0 aliphatic carbocycles. The molecule has 0 saturated heterocycles. The van der Waals surface area contributed by atoms with E-state index in [9.17, 15) is 4.39 Å². The molecule has 1 aromatic carbocycles. The molecule has 5 heteroatoms. The Labute approximate surface area is 111 Å². The Morgan fingerprint density at radius 2 is 2.16 bits per heavy atom. The number of nitrogen functional groups attached to an aromatic ring is 1. The predicted octanol–water partition coefficient (Wildman–Crippen LogP) is 2.14. The van der Waals surface area contributed by atoms with E-state index in [1.165, 1.54) is 12.1 Å². The van der Waals surface area contributed by atoms with Crippen molar-refractivity contribution in [3.8, 4) is 0 Å². The molecule has 0 fully saturated rings. The fourth-order valence-electron chi connectivity index (χ4n) is 1.76. The number of aromatic nitrogens is 1. The highest BCUT2D eigenvalue weighted by molar-refractivity contribution is 5.94. The molecule has 2 aromatic rings. The van der Waals surface area contributed by atoms with Crippen molar-refractivity contribution < 1.29 is 4.39 Å². The lowest BCUT2D eigenvalue weighted by molar-refractivity contribution is 0.625. The summed E-state index contributed by atoms with van der Waals surface area (Å²) in [6.07, 6.45) is 1.56. The Morgan fingerprint density at radius 3 is 2.74 bits per heavy atom. The van der Waals surface area contributed by atoms with Gasteiger partial charge in [0.1, 0.15) is 17.5 Å².